The molecule has 2 rings (SSSR count). The van der Waals surface area contributed by atoms with Gasteiger partial charge in [0.15, 0.2) is 11.6 Å². The van der Waals surface area contributed by atoms with Crippen LogP contribution in [-0.2, 0) is 20.7 Å². The van der Waals surface area contributed by atoms with Crippen molar-refractivity contribution in [3.63, 3.8) is 0 Å². The lowest BCUT2D eigenvalue weighted by atomic mass is 9.94. The van der Waals surface area contributed by atoms with Gasteiger partial charge in [-0.3, -0.25) is 9.59 Å². The molecule has 2 bridgehead atoms. The number of hydrogen-bond donors (Lipinski definition) is 3. The first-order valence-electron chi connectivity index (χ1n) is 12.0. The summed E-state index contributed by atoms with van der Waals surface area (Å²) >= 11 is 0. The Hall–Kier alpha value is -3.20. The van der Waals surface area contributed by atoms with Crippen molar-refractivity contribution in [2.24, 2.45) is 11.8 Å². The van der Waals surface area contributed by atoms with E-state index in [2.05, 4.69) is 15.6 Å². The maximum atomic E-state index is 12.7. The molecule has 0 saturated carbocycles. The van der Waals surface area contributed by atoms with Gasteiger partial charge in [0.1, 0.15) is 18.4 Å². The highest BCUT2D eigenvalue weighted by Gasteiger charge is 2.27. The summed E-state index contributed by atoms with van der Waals surface area (Å²) in [5, 5.41) is 15.6. The van der Waals surface area contributed by atoms with Gasteiger partial charge in [-0.25, -0.2) is 9.78 Å². The normalized spacial score (nSPS) is 29.3. The Morgan fingerprint density at radius 2 is 1.91 bits per heavy atom. The number of hydrogen-bond acceptors (Lipinski definition) is 7. The van der Waals surface area contributed by atoms with Crippen LogP contribution in [0.1, 0.15) is 63.8 Å². The molecule has 2 amide bonds. The number of aromatic nitrogens is 1. The van der Waals surface area contributed by atoms with Gasteiger partial charge in [-0.1, -0.05) is 50.6 Å². The van der Waals surface area contributed by atoms with Crippen LogP contribution in [0.3, 0.4) is 0 Å². The molecule has 0 fully saturated rings. The van der Waals surface area contributed by atoms with Crippen LogP contribution in [0.15, 0.2) is 46.6 Å². The summed E-state index contributed by atoms with van der Waals surface area (Å²) in [4.78, 5) is 41.5. The van der Waals surface area contributed by atoms with Crippen molar-refractivity contribution in [2.45, 2.75) is 72.1 Å². The molecule has 1 aromatic heterocycles. The van der Waals surface area contributed by atoms with Gasteiger partial charge < -0.3 is 24.9 Å². The lowest BCUT2D eigenvalue weighted by molar-refractivity contribution is -0.155. The van der Waals surface area contributed by atoms with Crippen molar-refractivity contribution in [2.75, 3.05) is 6.54 Å². The highest BCUT2D eigenvalue weighted by Crippen LogP contribution is 2.19. The number of carbonyl (C=O) groups is 3. The van der Waals surface area contributed by atoms with Crippen LogP contribution in [0.5, 0.6) is 0 Å². The van der Waals surface area contributed by atoms with Crippen LogP contribution < -0.4 is 10.6 Å². The molecule has 4 atom stereocenters. The van der Waals surface area contributed by atoms with Crippen LogP contribution >= 0.6 is 0 Å². The minimum atomic E-state index is -0.919. The molecule has 0 spiro atoms. The van der Waals surface area contributed by atoms with E-state index in [1.54, 1.807) is 6.08 Å². The summed E-state index contributed by atoms with van der Waals surface area (Å²) < 4.78 is 11.0. The van der Waals surface area contributed by atoms with Gasteiger partial charge in [0.2, 0.25) is 5.91 Å². The Labute approximate surface area is 206 Å². The van der Waals surface area contributed by atoms with Crippen molar-refractivity contribution in [3.8, 4) is 0 Å². The predicted molar refractivity (Wildman–Crippen MR) is 131 cm³/mol. The highest BCUT2D eigenvalue weighted by atomic mass is 16.5. The summed E-state index contributed by atoms with van der Waals surface area (Å²) in [5.74, 6) is -1.40. The second-order valence-electron chi connectivity index (χ2n) is 9.22. The maximum absolute atomic E-state index is 12.7. The molecule has 192 valence electrons. The third-order valence-electron chi connectivity index (χ3n) is 5.62. The van der Waals surface area contributed by atoms with Crippen LogP contribution in [0.2, 0.25) is 0 Å². The first-order chi connectivity index (χ1) is 16.6. The number of nitrogens with one attached hydrogen (secondary N) is 2. The Balaban J connectivity index is 2.20. The molecule has 0 aliphatic carbocycles. The standard InChI is InChI=1S/C26H37N3O6/c1-16(2)24-18(4)11-12-22(31)27-13-7-9-17(3)8-6-10-20(30)14-23-29-21(15-34-23)25(32)28-19(5)26(33)35-24/h7-9,11-12,15-16,18-20,24,30H,6,10,13-14H2,1-5H3,(H,27,31)(H,28,32)/b9-7-,12-11-,17-8-/t18-,19-,20+,24-/m1/s1. The van der Waals surface area contributed by atoms with Crippen molar-refractivity contribution in [3.05, 3.63) is 53.8 Å². The number of ether oxygens (including phenoxy) is 1. The molecule has 9 nitrogen and oxygen atoms in total. The SMILES string of the molecule is CC1=C/CC[C@H](O)Cc2nc(co2)C(=O)N[C@H](C)C(=O)O[C@H](C(C)C)[C@H](C)/C=C\C(=O)NC/C=C\1. The van der Waals surface area contributed by atoms with Crippen LogP contribution in [-0.4, -0.2) is 52.7 Å². The number of amides is 2. The number of aliphatic hydroxyl groups is 1. The van der Waals surface area contributed by atoms with Gasteiger partial charge in [0.25, 0.3) is 5.91 Å². The van der Waals surface area contributed by atoms with E-state index in [1.165, 1.54) is 19.3 Å². The lowest BCUT2D eigenvalue weighted by Gasteiger charge is -2.27. The van der Waals surface area contributed by atoms with Gasteiger partial charge in [-0.15, -0.1) is 0 Å². The molecular weight excluding hydrogens is 450 g/mol. The average Bonchev–Trinajstić information content (AvgIpc) is 3.26. The third-order valence-corrected chi connectivity index (χ3v) is 5.62. The Bertz CT molecular complexity index is 962. The molecule has 1 aliphatic heterocycles. The van der Waals surface area contributed by atoms with E-state index in [1.807, 2.05) is 45.9 Å². The maximum Gasteiger partial charge on any atom is 0.328 e. The number of fused-ring (bicyclic) bond motifs is 2. The summed E-state index contributed by atoms with van der Waals surface area (Å²) in [6.07, 6.45) is 10.3. The van der Waals surface area contributed by atoms with Crippen LogP contribution in [0, 0.1) is 11.8 Å². The predicted octanol–water partition coefficient (Wildman–Crippen LogP) is 2.87. The van der Waals surface area contributed by atoms with Gasteiger partial charge in [0.05, 0.1) is 12.5 Å². The zero-order chi connectivity index (χ0) is 26.0. The zero-order valence-corrected chi connectivity index (χ0v) is 21.1. The summed E-state index contributed by atoms with van der Waals surface area (Å²) in [7, 11) is 0. The Morgan fingerprint density at radius 1 is 1.17 bits per heavy atom. The molecule has 35 heavy (non-hydrogen) atoms. The fraction of sp³-hybridized carbons (Fsp3) is 0.538. The minimum absolute atomic E-state index is 0.0127. The fourth-order valence-corrected chi connectivity index (χ4v) is 3.61. The van der Waals surface area contributed by atoms with Gasteiger partial charge in [0, 0.05) is 12.5 Å². The van der Waals surface area contributed by atoms with Gasteiger partial charge in [-0.05, 0) is 38.7 Å². The Kier molecular flexibility index (Phi) is 10.9. The first kappa shape index (κ1) is 28.0. The van der Waals surface area contributed by atoms with E-state index in [0.29, 0.717) is 19.4 Å². The molecule has 3 N–H and O–H groups in total. The number of oxazole rings is 1. The number of nitrogens with zero attached hydrogens (tertiary/aromatic N) is 1. The molecule has 1 aliphatic rings. The van der Waals surface area contributed by atoms with Crippen molar-refractivity contribution in [1.82, 2.24) is 15.6 Å². The first-order valence-corrected chi connectivity index (χ1v) is 12.0. The van der Waals surface area contributed by atoms with E-state index < -0.39 is 30.1 Å². The molecule has 0 radical (unpaired) electrons. The topological polar surface area (TPSA) is 131 Å². The molecule has 0 unspecified atom stereocenters. The molecule has 0 saturated heterocycles. The van der Waals surface area contributed by atoms with Crippen molar-refractivity contribution in [1.29, 1.82) is 0 Å². The van der Waals surface area contributed by atoms with E-state index in [9.17, 15) is 19.5 Å². The largest absolute Gasteiger partial charge is 0.460 e. The molecule has 2 heterocycles. The fourth-order valence-electron chi connectivity index (χ4n) is 3.61. The van der Waals surface area contributed by atoms with Crippen molar-refractivity contribution < 1.29 is 28.6 Å². The molecular formula is C26H37N3O6. The summed E-state index contributed by atoms with van der Waals surface area (Å²) in [6, 6.07) is -0.919. The summed E-state index contributed by atoms with van der Waals surface area (Å²) in [6.45, 7) is 9.56. The average molecular weight is 488 g/mol. The second kappa shape index (κ2) is 13.6. The van der Waals surface area contributed by atoms with E-state index >= 15 is 0 Å². The monoisotopic (exact) mass is 487 g/mol. The highest BCUT2D eigenvalue weighted by molar-refractivity contribution is 5.94. The number of allylic oxidation sites excluding steroid dienone is 3. The number of cyclic esters (lactones) is 1. The third kappa shape index (κ3) is 9.52. The number of aliphatic hydroxyl groups excluding tert-OH is 1. The number of carbonyl (C=O) groups excluding carboxylic acids is 3. The molecule has 0 aromatic carbocycles. The van der Waals surface area contributed by atoms with E-state index in [-0.39, 0.29) is 35.7 Å². The van der Waals surface area contributed by atoms with Gasteiger partial charge >= 0.3 is 5.97 Å². The zero-order valence-electron chi connectivity index (χ0n) is 21.1. The van der Waals surface area contributed by atoms with Crippen molar-refractivity contribution >= 4 is 17.8 Å². The van der Waals surface area contributed by atoms with Gasteiger partial charge in [-0.2, -0.15) is 0 Å². The quantitative estimate of drug-likeness (QED) is 0.519. The number of rotatable bonds is 1. The van der Waals surface area contributed by atoms with E-state index in [0.717, 1.165) is 5.57 Å². The van der Waals surface area contributed by atoms with E-state index in [4.69, 9.17) is 9.15 Å². The van der Waals surface area contributed by atoms with Crippen LogP contribution in [0.4, 0.5) is 0 Å². The smallest absolute Gasteiger partial charge is 0.328 e. The molecule has 1 aromatic rings. The second-order valence-corrected chi connectivity index (χ2v) is 9.22. The lowest BCUT2D eigenvalue weighted by Crippen LogP contribution is -2.42. The minimum Gasteiger partial charge on any atom is -0.460 e. The Morgan fingerprint density at radius 3 is 2.63 bits per heavy atom. The number of esters is 1. The molecule has 9 heteroatoms. The van der Waals surface area contributed by atoms with Crippen LogP contribution in [0.25, 0.3) is 0 Å². The summed E-state index contributed by atoms with van der Waals surface area (Å²) in [5.41, 5.74) is 1.04.